The van der Waals surface area contributed by atoms with Gasteiger partial charge in [-0.05, 0) is 49.7 Å². The fourth-order valence-corrected chi connectivity index (χ4v) is 3.98. The molecule has 0 aliphatic heterocycles. The first-order chi connectivity index (χ1) is 15.7. The molecule has 0 bridgehead atoms. The summed E-state index contributed by atoms with van der Waals surface area (Å²) >= 11 is 0. The van der Waals surface area contributed by atoms with Crippen LogP contribution in [-0.2, 0) is 32.3 Å². The van der Waals surface area contributed by atoms with E-state index in [4.69, 9.17) is 0 Å². The lowest BCUT2D eigenvalue weighted by molar-refractivity contribution is -0.139. The summed E-state index contributed by atoms with van der Waals surface area (Å²) in [4.78, 5) is 26.7. The standard InChI is InChI=1S/C22H25F4N3O4S/c1-4-27-21(31)15(2)28(13-16-8-10-18(23)11-9-16)20(30)14-29(34(3,32)33)19-7-5-6-17(12-19)22(24,25)26/h5-12,15H,4,13-14H2,1-3H3,(H,27,31). The second-order valence-electron chi connectivity index (χ2n) is 7.54. The van der Waals surface area contributed by atoms with Crippen molar-refractivity contribution in [2.45, 2.75) is 32.6 Å². The number of rotatable bonds is 9. The van der Waals surface area contributed by atoms with E-state index >= 15 is 0 Å². The van der Waals surface area contributed by atoms with E-state index in [0.717, 1.165) is 29.4 Å². The van der Waals surface area contributed by atoms with Crippen LogP contribution in [0.3, 0.4) is 0 Å². The summed E-state index contributed by atoms with van der Waals surface area (Å²) in [5.74, 6) is -1.85. The molecule has 0 saturated carbocycles. The third-order valence-corrected chi connectivity index (χ3v) is 6.07. The number of nitrogens with one attached hydrogen (secondary N) is 1. The van der Waals surface area contributed by atoms with E-state index in [1.807, 2.05) is 0 Å². The SMILES string of the molecule is CCNC(=O)C(C)N(Cc1ccc(F)cc1)C(=O)CN(c1cccc(C(F)(F)F)c1)S(C)(=O)=O. The molecule has 1 N–H and O–H groups in total. The van der Waals surface area contributed by atoms with Crippen LogP contribution in [0.25, 0.3) is 0 Å². The van der Waals surface area contributed by atoms with Crippen LogP contribution in [0.15, 0.2) is 48.5 Å². The van der Waals surface area contributed by atoms with Gasteiger partial charge in [0.1, 0.15) is 18.4 Å². The van der Waals surface area contributed by atoms with Gasteiger partial charge in [-0.3, -0.25) is 13.9 Å². The highest BCUT2D eigenvalue weighted by Crippen LogP contribution is 2.32. The van der Waals surface area contributed by atoms with Gasteiger partial charge in [-0.15, -0.1) is 0 Å². The van der Waals surface area contributed by atoms with Crippen LogP contribution < -0.4 is 9.62 Å². The molecular formula is C22H25F4N3O4S. The van der Waals surface area contributed by atoms with E-state index in [2.05, 4.69) is 5.32 Å². The van der Waals surface area contributed by atoms with Crippen LogP contribution >= 0.6 is 0 Å². The van der Waals surface area contributed by atoms with Gasteiger partial charge in [-0.1, -0.05) is 18.2 Å². The highest BCUT2D eigenvalue weighted by atomic mass is 32.2. The minimum Gasteiger partial charge on any atom is -0.355 e. The molecule has 2 amide bonds. The molecule has 186 valence electrons. The lowest BCUT2D eigenvalue weighted by atomic mass is 10.1. The first-order valence-electron chi connectivity index (χ1n) is 10.2. The number of likely N-dealkylation sites (N-methyl/N-ethyl adjacent to an activating group) is 1. The molecule has 0 spiro atoms. The third kappa shape index (κ3) is 7.17. The minimum absolute atomic E-state index is 0.155. The van der Waals surface area contributed by atoms with Crippen LogP contribution in [-0.4, -0.2) is 50.5 Å². The van der Waals surface area contributed by atoms with Gasteiger partial charge >= 0.3 is 6.18 Å². The molecule has 0 aliphatic rings. The number of sulfonamides is 1. The Hall–Kier alpha value is -3.15. The van der Waals surface area contributed by atoms with E-state index in [1.54, 1.807) is 6.92 Å². The summed E-state index contributed by atoms with van der Waals surface area (Å²) in [6.45, 7) is 2.39. The number of anilines is 1. The quantitative estimate of drug-likeness (QED) is 0.533. The monoisotopic (exact) mass is 503 g/mol. The first-order valence-corrected chi connectivity index (χ1v) is 12.1. The summed E-state index contributed by atoms with van der Waals surface area (Å²) in [6, 6.07) is 7.69. The van der Waals surface area contributed by atoms with Crippen molar-refractivity contribution in [2.24, 2.45) is 0 Å². The van der Waals surface area contributed by atoms with Crippen molar-refractivity contribution in [1.82, 2.24) is 10.2 Å². The zero-order chi connectivity index (χ0) is 25.7. The Labute approximate surface area is 195 Å². The lowest BCUT2D eigenvalue weighted by Crippen LogP contribution is -2.51. The second-order valence-corrected chi connectivity index (χ2v) is 9.44. The molecule has 0 fully saturated rings. The van der Waals surface area contributed by atoms with Crippen LogP contribution in [0, 0.1) is 5.82 Å². The molecule has 0 heterocycles. The molecule has 0 radical (unpaired) electrons. The Morgan fingerprint density at radius 2 is 1.71 bits per heavy atom. The van der Waals surface area contributed by atoms with Gasteiger partial charge in [0.2, 0.25) is 21.8 Å². The summed E-state index contributed by atoms with van der Waals surface area (Å²) in [5, 5.41) is 2.57. The van der Waals surface area contributed by atoms with E-state index in [0.29, 0.717) is 15.9 Å². The van der Waals surface area contributed by atoms with Crippen molar-refractivity contribution in [3.8, 4) is 0 Å². The fourth-order valence-electron chi connectivity index (χ4n) is 3.14. The predicted molar refractivity (Wildman–Crippen MR) is 119 cm³/mol. The molecule has 7 nitrogen and oxygen atoms in total. The molecule has 0 saturated heterocycles. The molecule has 1 atom stereocenters. The number of alkyl halides is 3. The maximum atomic E-state index is 13.3. The number of hydrogen-bond acceptors (Lipinski definition) is 4. The van der Waals surface area contributed by atoms with Gasteiger partial charge in [0.05, 0.1) is 17.5 Å². The van der Waals surface area contributed by atoms with Crippen molar-refractivity contribution in [1.29, 1.82) is 0 Å². The fraction of sp³-hybridized carbons (Fsp3) is 0.364. The molecule has 34 heavy (non-hydrogen) atoms. The van der Waals surface area contributed by atoms with E-state index in [9.17, 15) is 35.6 Å². The van der Waals surface area contributed by atoms with Crippen molar-refractivity contribution in [3.63, 3.8) is 0 Å². The predicted octanol–water partition coefficient (Wildman–Crippen LogP) is 3.16. The Kier molecular flexibility index (Phi) is 8.65. The van der Waals surface area contributed by atoms with Gasteiger partial charge in [-0.25, -0.2) is 12.8 Å². The Bertz CT molecular complexity index is 1120. The van der Waals surface area contributed by atoms with E-state index in [-0.39, 0.29) is 18.8 Å². The van der Waals surface area contributed by atoms with Crippen molar-refractivity contribution >= 4 is 27.5 Å². The Morgan fingerprint density at radius 3 is 2.24 bits per heavy atom. The minimum atomic E-state index is -4.72. The van der Waals surface area contributed by atoms with Gasteiger partial charge in [0, 0.05) is 13.1 Å². The van der Waals surface area contributed by atoms with Gasteiger partial charge in [0.25, 0.3) is 0 Å². The van der Waals surface area contributed by atoms with Crippen LogP contribution in [0.1, 0.15) is 25.0 Å². The van der Waals surface area contributed by atoms with Crippen LogP contribution in [0.4, 0.5) is 23.2 Å². The zero-order valence-electron chi connectivity index (χ0n) is 18.8. The molecule has 1 unspecified atom stereocenters. The number of hydrogen-bond donors (Lipinski definition) is 1. The molecule has 0 aliphatic carbocycles. The summed E-state index contributed by atoms with van der Waals surface area (Å²) in [6.07, 6.45) is -3.96. The number of benzene rings is 2. The van der Waals surface area contributed by atoms with E-state index < -0.39 is 52.0 Å². The van der Waals surface area contributed by atoms with Crippen molar-refractivity contribution in [2.75, 3.05) is 23.7 Å². The maximum absolute atomic E-state index is 13.3. The van der Waals surface area contributed by atoms with Crippen molar-refractivity contribution in [3.05, 3.63) is 65.5 Å². The Balaban J connectivity index is 2.42. The number of carbonyl (C=O) groups excluding carboxylic acids is 2. The highest BCUT2D eigenvalue weighted by molar-refractivity contribution is 7.92. The molecule has 2 aromatic carbocycles. The smallest absolute Gasteiger partial charge is 0.355 e. The molecule has 0 aromatic heterocycles. The third-order valence-electron chi connectivity index (χ3n) is 4.93. The molecular weight excluding hydrogens is 478 g/mol. The average molecular weight is 504 g/mol. The van der Waals surface area contributed by atoms with E-state index in [1.165, 1.54) is 31.2 Å². The zero-order valence-corrected chi connectivity index (χ0v) is 19.6. The number of halogens is 4. The average Bonchev–Trinajstić information content (AvgIpc) is 2.75. The topological polar surface area (TPSA) is 86.8 Å². The second kappa shape index (κ2) is 10.9. The lowest BCUT2D eigenvalue weighted by Gasteiger charge is -2.31. The highest BCUT2D eigenvalue weighted by Gasteiger charge is 2.33. The van der Waals surface area contributed by atoms with Gasteiger partial charge < -0.3 is 10.2 Å². The molecule has 2 aromatic rings. The largest absolute Gasteiger partial charge is 0.416 e. The van der Waals surface area contributed by atoms with Gasteiger partial charge in [-0.2, -0.15) is 13.2 Å². The molecule has 12 heteroatoms. The maximum Gasteiger partial charge on any atom is 0.416 e. The van der Waals surface area contributed by atoms with Crippen LogP contribution in [0.5, 0.6) is 0 Å². The normalized spacial score (nSPS) is 12.7. The molecule has 2 rings (SSSR count). The number of amides is 2. The summed E-state index contributed by atoms with van der Waals surface area (Å²) in [5.41, 5.74) is -0.959. The summed E-state index contributed by atoms with van der Waals surface area (Å²) < 4.78 is 78.1. The van der Waals surface area contributed by atoms with Crippen LogP contribution in [0.2, 0.25) is 0 Å². The van der Waals surface area contributed by atoms with Gasteiger partial charge in [0.15, 0.2) is 0 Å². The number of nitrogens with zero attached hydrogens (tertiary/aromatic N) is 2. The first kappa shape index (κ1) is 27.1. The summed E-state index contributed by atoms with van der Waals surface area (Å²) in [7, 11) is -4.18. The number of carbonyl (C=O) groups is 2. The Morgan fingerprint density at radius 1 is 1.09 bits per heavy atom. The van der Waals surface area contributed by atoms with Crippen molar-refractivity contribution < 1.29 is 35.6 Å².